The highest BCUT2D eigenvalue weighted by molar-refractivity contribution is 6.31. The summed E-state index contributed by atoms with van der Waals surface area (Å²) >= 11 is 6.12. The molecule has 1 aromatic heterocycles. The minimum atomic E-state index is -0.511. The monoisotopic (exact) mass is 309 g/mol. The quantitative estimate of drug-likeness (QED) is 0.675. The lowest BCUT2D eigenvalue weighted by atomic mass is 10.2. The minimum Gasteiger partial charge on any atom is -0.461 e. The third-order valence-corrected chi connectivity index (χ3v) is 3.15. The van der Waals surface area contributed by atoms with Gasteiger partial charge in [0.25, 0.3) is 6.01 Å². The van der Waals surface area contributed by atoms with E-state index in [-0.39, 0.29) is 12.3 Å². The predicted octanol–water partition coefficient (Wildman–Crippen LogP) is 2.72. The summed E-state index contributed by atoms with van der Waals surface area (Å²) in [6.07, 6.45) is 1.27. The Kier molecular flexibility index (Phi) is 4.70. The molecule has 7 heteroatoms. The van der Waals surface area contributed by atoms with Crippen LogP contribution in [0.2, 0.25) is 5.02 Å². The van der Waals surface area contributed by atoms with Gasteiger partial charge in [-0.1, -0.05) is 11.6 Å². The lowest BCUT2D eigenvalue weighted by Crippen LogP contribution is -2.17. The highest BCUT2D eigenvalue weighted by atomic mass is 35.5. The second-order valence-electron chi connectivity index (χ2n) is 4.44. The van der Waals surface area contributed by atoms with Gasteiger partial charge in [-0.2, -0.15) is 4.98 Å². The van der Waals surface area contributed by atoms with E-state index in [1.807, 2.05) is 0 Å². The Hall–Kier alpha value is -2.21. The van der Waals surface area contributed by atoms with Gasteiger partial charge < -0.3 is 19.8 Å². The number of anilines is 2. The molecule has 0 fully saturated rings. The third kappa shape index (κ3) is 3.66. The van der Waals surface area contributed by atoms with Gasteiger partial charge in [-0.25, -0.2) is 4.79 Å². The number of esters is 1. The molecule has 2 rings (SSSR count). The van der Waals surface area contributed by atoms with Crippen LogP contribution in [0.1, 0.15) is 23.0 Å². The van der Waals surface area contributed by atoms with E-state index in [1.165, 1.54) is 6.26 Å². The van der Waals surface area contributed by atoms with Crippen molar-refractivity contribution in [3.8, 4) is 0 Å². The van der Waals surface area contributed by atoms with E-state index < -0.39 is 5.97 Å². The van der Waals surface area contributed by atoms with E-state index >= 15 is 0 Å². The molecule has 0 spiro atoms. The van der Waals surface area contributed by atoms with Gasteiger partial charge in [0, 0.05) is 24.3 Å². The van der Waals surface area contributed by atoms with Crippen molar-refractivity contribution < 1.29 is 13.9 Å². The molecule has 2 N–H and O–H groups in total. The van der Waals surface area contributed by atoms with Gasteiger partial charge in [0.2, 0.25) is 0 Å². The predicted molar refractivity (Wildman–Crippen MR) is 80.4 cm³/mol. The van der Waals surface area contributed by atoms with Crippen LogP contribution in [0.5, 0.6) is 0 Å². The largest absolute Gasteiger partial charge is 0.461 e. The molecule has 1 heterocycles. The zero-order valence-corrected chi connectivity index (χ0v) is 12.6. The average molecular weight is 310 g/mol. The standard InChI is InChI=1S/C14H16ClN3O3/c1-3-20-13(19)12-8-21-14(17-12)18(2)7-9-6-10(16)4-5-11(9)15/h4-6,8H,3,7,16H2,1-2H3. The molecule has 0 saturated carbocycles. The van der Waals surface area contributed by atoms with Crippen molar-refractivity contribution in [2.45, 2.75) is 13.5 Å². The number of carbonyl (C=O) groups excluding carboxylic acids is 1. The Morgan fingerprint density at radius 2 is 2.29 bits per heavy atom. The van der Waals surface area contributed by atoms with Crippen LogP contribution in [0.15, 0.2) is 28.9 Å². The van der Waals surface area contributed by atoms with Gasteiger partial charge in [0.1, 0.15) is 6.26 Å². The molecule has 1 aromatic carbocycles. The number of ether oxygens (including phenoxy) is 1. The second kappa shape index (κ2) is 6.49. The Bertz CT molecular complexity index is 642. The molecular weight excluding hydrogens is 294 g/mol. The van der Waals surface area contributed by atoms with Crippen molar-refractivity contribution in [3.05, 3.63) is 40.7 Å². The summed E-state index contributed by atoms with van der Waals surface area (Å²) in [6.45, 7) is 2.47. The molecule has 0 aliphatic heterocycles. The van der Waals surface area contributed by atoms with E-state index in [0.29, 0.717) is 23.3 Å². The zero-order chi connectivity index (χ0) is 15.4. The third-order valence-electron chi connectivity index (χ3n) is 2.78. The molecule has 0 amide bonds. The first-order valence-corrected chi connectivity index (χ1v) is 6.76. The van der Waals surface area contributed by atoms with Gasteiger partial charge in [-0.3, -0.25) is 0 Å². The minimum absolute atomic E-state index is 0.136. The first-order chi connectivity index (χ1) is 10.0. The van der Waals surface area contributed by atoms with Gasteiger partial charge >= 0.3 is 5.97 Å². The van der Waals surface area contributed by atoms with E-state index in [1.54, 1.807) is 37.1 Å². The van der Waals surface area contributed by atoms with E-state index in [0.717, 1.165) is 5.56 Å². The number of hydrogen-bond donors (Lipinski definition) is 1. The van der Waals surface area contributed by atoms with Gasteiger partial charge in [0.05, 0.1) is 6.61 Å². The summed E-state index contributed by atoms with van der Waals surface area (Å²) in [6, 6.07) is 5.56. The number of rotatable bonds is 5. The van der Waals surface area contributed by atoms with Crippen molar-refractivity contribution in [2.75, 3.05) is 24.3 Å². The van der Waals surface area contributed by atoms with Crippen molar-refractivity contribution in [3.63, 3.8) is 0 Å². The summed E-state index contributed by atoms with van der Waals surface area (Å²) in [4.78, 5) is 17.3. The van der Waals surface area contributed by atoms with Crippen molar-refractivity contribution in [1.29, 1.82) is 0 Å². The molecule has 21 heavy (non-hydrogen) atoms. The average Bonchev–Trinajstić information content (AvgIpc) is 2.93. The van der Waals surface area contributed by atoms with Crippen molar-refractivity contribution >= 4 is 29.3 Å². The summed E-state index contributed by atoms with van der Waals surface area (Å²) in [5.41, 5.74) is 7.35. The van der Waals surface area contributed by atoms with Gasteiger partial charge in [-0.05, 0) is 30.7 Å². The first kappa shape index (κ1) is 15.2. The zero-order valence-electron chi connectivity index (χ0n) is 11.8. The van der Waals surface area contributed by atoms with Crippen molar-refractivity contribution in [2.24, 2.45) is 0 Å². The Morgan fingerprint density at radius 3 is 3.00 bits per heavy atom. The van der Waals surface area contributed by atoms with Crippen LogP contribution in [0.4, 0.5) is 11.7 Å². The SMILES string of the molecule is CCOC(=O)c1coc(N(C)Cc2cc(N)ccc2Cl)n1. The summed E-state index contributed by atoms with van der Waals surface area (Å²) < 4.78 is 10.1. The summed E-state index contributed by atoms with van der Waals surface area (Å²) in [7, 11) is 1.78. The first-order valence-electron chi connectivity index (χ1n) is 6.39. The normalized spacial score (nSPS) is 10.4. The molecule has 0 unspecified atom stereocenters. The van der Waals surface area contributed by atoms with Crippen molar-refractivity contribution in [1.82, 2.24) is 4.98 Å². The lowest BCUT2D eigenvalue weighted by molar-refractivity contribution is 0.0519. The lowest BCUT2D eigenvalue weighted by Gasteiger charge is -2.15. The fourth-order valence-electron chi connectivity index (χ4n) is 1.78. The maximum atomic E-state index is 11.5. The summed E-state index contributed by atoms with van der Waals surface area (Å²) in [5.74, 6) is -0.511. The van der Waals surface area contributed by atoms with Crippen LogP contribution in [-0.4, -0.2) is 24.6 Å². The van der Waals surface area contributed by atoms with E-state index in [4.69, 9.17) is 26.5 Å². The smallest absolute Gasteiger partial charge is 0.360 e. The molecule has 0 bridgehead atoms. The highest BCUT2D eigenvalue weighted by Crippen LogP contribution is 2.22. The van der Waals surface area contributed by atoms with E-state index in [9.17, 15) is 4.79 Å². The number of halogens is 1. The number of benzene rings is 1. The molecule has 2 aromatic rings. The van der Waals surface area contributed by atoms with Crippen LogP contribution in [-0.2, 0) is 11.3 Å². The van der Waals surface area contributed by atoms with Gasteiger partial charge in [0.15, 0.2) is 5.69 Å². The molecule has 0 atom stereocenters. The maximum absolute atomic E-state index is 11.5. The maximum Gasteiger partial charge on any atom is 0.360 e. The van der Waals surface area contributed by atoms with E-state index in [2.05, 4.69) is 4.98 Å². The molecule has 0 saturated heterocycles. The highest BCUT2D eigenvalue weighted by Gasteiger charge is 2.16. The number of nitrogens with zero attached hydrogens (tertiary/aromatic N) is 2. The Balaban J connectivity index is 2.11. The van der Waals surface area contributed by atoms with Gasteiger partial charge in [-0.15, -0.1) is 0 Å². The fraction of sp³-hybridized carbons (Fsp3) is 0.286. The molecule has 6 nitrogen and oxygen atoms in total. The fourth-order valence-corrected chi connectivity index (χ4v) is 1.95. The summed E-state index contributed by atoms with van der Waals surface area (Å²) in [5, 5.41) is 0.605. The number of nitrogens with two attached hydrogens (primary N) is 1. The molecule has 112 valence electrons. The van der Waals surface area contributed by atoms with Crippen LogP contribution in [0, 0.1) is 0 Å². The van der Waals surface area contributed by atoms with Crippen LogP contribution in [0.3, 0.4) is 0 Å². The molecule has 0 radical (unpaired) electrons. The second-order valence-corrected chi connectivity index (χ2v) is 4.85. The van der Waals surface area contributed by atoms with Crippen LogP contribution < -0.4 is 10.6 Å². The number of carbonyl (C=O) groups is 1. The Morgan fingerprint density at radius 1 is 1.52 bits per heavy atom. The van der Waals surface area contributed by atoms with Crippen LogP contribution in [0.25, 0.3) is 0 Å². The molecule has 0 aliphatic carbocycles. The molecule has 0 aliphatic rings. The van der Waals surface area contributed by atoms with Crippen LogP contribution >= 0.6 is 11.6 Å². The number of aromatic nitrogens is 1. The topological polar surface area (TPSA) is 81.6 Å². The number of hydrogen-bond acceptors (Lipinski definition) is 6. The number of oxazole rings is 1. The number of nitrogen functional groups attached to an aromatic ring is 1. The molecular formula is C14H16ClN3O3. The Labute approximate surface area is 127 Å².